The molecule has 1 aromatic heterocycles. The van der Waals surface area contributed by atoms with E-state index >= 15 is 0 Å². The average molecular weight is 389 g/mol. The first kappa shape index (κ1) is 20.4. The van der Waals surface area contributed by atoms with Crippen LogP contribution in [0.1, 0.15) is 54.0 Å². The van der Waals surface area contributed by atoms with Gasteiger partial charge in [-0.05, 0) is 67.8 Å². The second kappa shape index (κ2) is 8.35. The topological polar surface area (TPSA) is 63.1 Å². The van der Waals surface area contributed by atoms with Gasteiger partial charge in [-0.1, -0.05) is 26.0 Å². The summed E-state index contributed by atoms with van der Waals surface area (Å²) in [4.78, 5) is 24.0. The molecule has 2 aromatic carbocycles. The van der Waals surface area contributed by atoms with Gasteiger partial charge in [0.05, 0.1) is 5.56 Å². The highest BCUT2D eigenvalue weighted by atomic mass is 16.2. The van der Waals surface area contributed by atoms with Crippen molar-refractivity contribution in [2.75, 3.05) is 10.6 Å². The summed E-state index contributed by atoms with van der Waals surface area (Å²) in [6.07, 6.45) is 0. The summed E-state index contributed by atoms with van der Waals surface area (Å²) in [6, 6.07) is 17.4. The average Bonchev–Trinajstić information content (AvgIpc) is 2.97. The molecule has 2 amide bonds. The fourth-order valence-electron chi connectivity index (χ4n) is 3.44. The number of nitrogens with one attached hydrogen (secondary N) is 2. The Morgan fingerprint density at radius 2 is 1.41 bits per heavy atom. The minimum Gasteiger partial charge on any atom is -0.326 e. The molecule has 29 heavy (non-hydrogen) atoms. The number of benzene rings is 2. The van der Waals surface area contributed by atoms with Gasteiger partial charge in [0.25, 0.3) is 5.91 Å². The molecule has 5 heteroatoms. The van der Waals surface area contributed by atoms with Crippen LogP contribution in [0.2, 0.25) is 0 Å². The number of amides is 2. The van der Waals surface area contributed by atoms with Gasteiger partial charge in [0.2, 0.25) is 5.91 Å². The Morgan fingerprint density at radius 3 is 1.93 bits per heavy atom. The highest BCUT2D eigenvalue weighted by molar-refractivity contribution is 6.05. The number of carbonyl (C=O) groups is 2. The zero-order valence-electron chi connectivity index (χ0n) is 17.5. The van der Waals surface area contributed by atoms with Gasteiger partial charge in [-0.2, -0.15) is 0 Å². The molecule has 0 saturated carbocycles. The summed E-state index contributed by atoms with van der Waals surface area (Å²) >= 11 is 0. The Balaban J connectivity index is 1.81. The summed E-state index contributed by atoms with van der Waals surface area (Å²) in [5, 5.41) is 5.64. The van der Waals surface area contributed by atoms with Crippen molar-refractivity contribution in [2.24, 2.45) is 0 Å². The fourth-order valence-corrected chi connectivity index (χ4v) is 3.44. The second-order valence-electron chi connectivity index (χ2n) is 7.58. The van der Waals surface area contributed by atoms with E-state index in [2.05, 4.69) is 53.3 Å². The molecule has 0 radical (unpaired) electrons. The zero-order valence-corrected chi connectivity index (χ0v) is 17.5. The van der Waals surface area contributed by atoms with Crippen LogP contribution in [-0.4, -0.2) is 16.4 Å². The van der Waals surface area contributed by atoms with E-state index in [9.17, 15) is 9.59 Å². The number of anilines is 2. The molecule has 0 aliphatic carbocycles. The molecule has 0 atom stereocenters. The van der Waals surface area contributed by atoms with Gasteiger partial charge in [-0.25, -0.2) is 0 Å². The molecule has 3 rings (SSSR count). The molecule has 3 aromatic rings. The first-order valence-corrected chi connectivity index (χ1v) is 9.74. The maximum absolute atomic E-state index is 12.8. The molecule has 150 valence electrons. The van der Waals surface area contributed by atoms with Crippen molar-refractivity contribution in [3.05, 3.63) is 77.1 Å². The monoisotopic (exact) mass is 389 g/mol. The SMILES string of the molecule is CC(=O)Nc1ccc(NC(=O)c2cc(C)n(-c3ccc(C(C)C)cc3)c2C)cc1. The molecule has 0 aliphatic heterocycles. The van der Waals surface area contributed by atoms with Crippen molar-refractivity contribution < 1.29 is 9.59 Å². The van der Waals surface area contributed by atoms with Crippen molar-refractivity contribution in [2.45, 2.75) is 40.5 Å². The van der Waals surface area contributed by atoms with E-state index in [4.69, 9.17) is 0 Å². The molecule has 1 heterocycles. The lowest BCUT2D eigenvalue weighted by Gasteiger charge is -2.12. The summed E-state index contributed by atoms with van der Waals surface area (Å²) < 4.78 is 2.10. The number of hydrogen-bond acceptors (Lipinski definition) is 2. The summed E-state index contributed by atoms with van der Waals surface area (Å²) in [5.74, 6) is 0.195. The molecule has 2 N–H and O–H groups in total. The maximum Gasteiger partial charge on any atom is 0.257 e. The highest BCUT2D eigenvalue weighted by Gasteiger charge is 2.17. The minimum absolute atomic E-state index is 0.129. The van der Waals surface area contributed by atoms with Crippen LogP contribution in [0.25, 0.3) is 5.69 Å². The van der Waals surface area contributed by atoms with Crippen LogP contribution in [-0.2, 0) is 4.79 Å². The number of carbonyl (C=O) groups excluding carboxylic acids is 2. The highest BCUT2D eigenvalue weighted by Crippen LogP contribution is 2.24. The quantitative estimate of drug-likeness (QED) is 0.611. The van der Waals surface area contributed by atoms with Crippen LogP contribution in [0, 0.1) is 13.8 Å². The first-order valence-electron chi connectivity index (χ1n) is 9.74. The molecule has 5 nitrogen and oxygen atoms in total. The van der Waals surface area contributed by atoms with Gasteiger partial charge in [0.1, 0.15) is 0 Å². The van der Waals surface area contributed by atoms with Crippen LogP contribution in [0.5, 0.6) is 0 Å². The standard InChI is InChI=1S/C24H27N3O2/c1-15(2)19-6-12-22(13-7-19)27-16(3)14-23(17(27)4)24(29)26-21-10-8-20(9-11-21)25-18(5)28/h6-15H,1-5H3,(H,25,28)(H,26,29). The third-order valence-corrected chi connectivity index (χ3v) is 4.96. The van der Waals surface area contributed by atoms with Crippen molar-refractivity contribution in [3.63, 3.8) is 0 Å². The predicted molar refractivity (Wildman–Crippen MR) is 118 cm³/mol. The van der Waals surface area contributed by atoms with Crippen molar-refractivity contribution in [1.82, 2.24) is 4.57 Å². The third-order valence-electron chi connectivity index (χ3n) is 4.96. The smallest absolute Gasteiger partial charge is 0.257 e. The normalized spacial score (nSPS) is 10.8. The van der Waals surface area contributed by atoms with Crippen molar-refractivity contribution in [3.8, 4) is 5.69 Å². The summed E-state index contributed by atoms with van der Waals surface area (Å²) in [7, 11) is 0. The van der Waals surface area contributed by atoms with E-state index in [0.717, 1.165) is 17.1 Å². The van der Waals surface area contributed by atoms with Gasteiger partial charge in [-0.15, -0.1) is 0 Å². The maximum atomic E-state index is 12.8. The van der Waals surface area contributed by atoms with Gasteiger partial charge in [-0.3, -0.25) is 9.59 Å². The first-order chi connectivity index (χ1) is 13.8. The van der Waals surface area contributed by atoms with Crippen molar-refractivity contribution in [1.29, 1.82) is 0 Å². The van der Waals surface area contributed by atoms with E-state index in [1.165, 1.54) is 12.5 Å². The molecule has 0 saturated heterocycles. The van der Waals surface area contributed by atoms with Crippen LogP contribution >= 0.6 is 0 Å². The number of rotatable bonds is 5. The Hall–Kier alpha value is -3.34. The lowest BCUT2D eigenvalue weighted by Crippen LogP contribution is -2.13. The third kappa shape index (κ3) is 4.57. The van der Waals surface area contributed by atoms with Gasteiger partial charge >= 0.3 is 0 Å². The minimum atomic E-state index is -0.157. The summed E-state index contributed by atoms with van der Waals surface area (Å²) in [6.45, 7) is 9.76. The van der Waals surface area contributed by atoms with Gasteiger partial charge in [0, 0.05) is 35.4 Å². The molecule has 0 aliphatic rings. The van der Waals surface area contributed by atoms with Crippen LogP contribution < -0.4 is 10.6 Å². The van der Waals surface area contributed by atoms with E-state index < -0.39 is 0 Å². The molecule has 0 spiro atoms. The number of hydrogen-bond donors (Lipinski definition) is 2. The van der Waals surface area contributed by atoms with E-state index in [-0.39, 0.29) is 11.8 Å². The second-order valence-corrected chi connectivity index (χ2v) is 7.58. The van der Waals surface area contributed by atoms with Crippen molar-refractivity contribution >= 4 is 23.2 Å². The molecule has 0 bridgehead atoms. The molecular weight excluding hydrogens is 362 g/mol. The Labute approximate surface area is 171 Å². The van der Waals surface area contributed by atoms with E-state index in [1.54, 1.807) is 24.3 Å². The lowest BCUT2D eigenvalue weighted by atomic mass is 10.0. The zero-order chi connectivity index (χ0) is 21.1. The fraction of sp³-hybridized carbons (Fsp3) is 0.250. The Morgan fingerprint density at radius 1 is 0.862 bits per heavy atom. The van der Waals surface area contributed by atoms with E-state index in [1.807, 2.05) is 19.9 Å². The molecular formula is C24H27N3O2. The number of nitrogens with zero attached hydrogens (tertiary/aromatic N) is 1. The largest absolute Gasteiger partial charge is 0.326 e. The Bertz CT molecular complexity index is 1030. The molecule has 0 fully saturated rings. The van der Waals surface area contributed by atoms with E-state index in [0.29, 0.717) is 22.9 Å². The molecule has 0 unspecified atom stereocenters. The predicted octanol–water partition coefficient (Wildman–Crippen LogP) is 5.43. The number of aryl methyl sites for hydroxylation is 1. The van der Waals surface area contributed by atoms with Crippen LogP contribution in [0.4, 0.5) is 11.4 Å². The van der Waals surface area contributed by atoms with Crippen LogP contribution in [0.15, 0.2) is 54.6 Å². The van der Waals surface area contributed by atoms with Crippen LogP contribution in [0.3, 0.4) is 0 Å². The Kier molecular flexibility index (Phi) is 5.87. The number of aromatic nitrogens is 1. The summed E-state index contributed by atoms with van der Waals surface area (Å²) in [5.41, 5.74) is 6.24. The lowest BCUT2D eigenvalue weighted by molar-refractivity contribution is -0.114. The van der Waals surface area contributed by atoms with Gasteiger partial charge < -0.3 is 15.2 Å². The van der Waals surface area contributed by atoms with Gasteiger partial charge in [0.15, 0.2) is 0 Å².